The maximum absolute atomic E-state index is 5.50. The van der Waals surface area contributed by atoms with Crippen LogP contribution in [0.2, 0.25) is 0 Å². The van der Waals surface area contributed by atoms with Crippen molar-refractivity contribution in [3.05, 3.63) is 23.7 Å². The maximum Gasteiger partial charge on any atom is 0.117 e. The highest BCUT2D eigenvalue weighted by molar-refractivity contribution is 5.05. The van der Waals surface area contributed by atoms with Gasteiger partial charge in [-0.15, -0.1) is 0 Å². The molecule has 3 nitrogen and oxygen atoms in total. The standard InChI is InChI=1S/C13H22N2O/c1-11-4-5-13(16-11)10-15-8-6-12-3-2-7-14-9-12/h4-5,12,14-15H,2-3,6-10H2,1H3. The molecular formula is C13H22N2O. The fourth-order valence-corrected chi connectivity index (χ4v) is 2.27. The average molecular weight is 222 g/mol. The Morgan fingerprint density at radius 1 is 1.50 bits per heavy atom. The molecule has 0 radical (unpaired) electrons. The van der Waals surface area contributed by atoms with Crippen molar-refractivity contribution in [2.75, 3.05) is 19.6 Å². The minimum Gasteiger partial charge on any atom is -0.465 e. The van der Waals surface area contributed by atoms with Gasteiger partial charge in [0.05, 0.1) is 6.54 Å². The predicted octanol–water partition coefficient (Wildman–Crippen LogP) is 2.07. The molecule has 1 atom stereocenters. The van der Waals surface area contributed by atoms with Gasteiger partial charge in [0.25, 0.3) is 0 Å². The molecular weight excluding hydrogens is 200 g/mol. The first kappa shape index (κ1) is 11.7. The van der Waals surface area contributed by atoms with Crippen molar-refractivity contribution < 1.29 is 4.42 Å². The fourth-order valence-electron chi connectivity index (χ4n) is 2.27. The Kier molecular flexibility index (Phi) is 4.43. The maximum atomic E-state index is 5.50. The molecule has 0 aromatic carbocycles. The van der Waals surface area contributed by atoms with Gasteiger partial charge in [0.1, 0.15) is 11.5 Å². The van der Waals surface area contributed by atoms with Crippen LogP contribution in [0.25, 0.3) is 0 Å². The van der Waals surface area contributed by atoms with Crippen LogP contribution in [0.5, 0.6) is 0 Å². The van der Waals surface area contributed by atoms with Gasteiger partial charge >= 0.3 is 0 Å². The molecule has 1 saturated heterocycles. The molecule has 16 heavy (non-hydrogen) atoms. The Hall–Kier alpha value is -0.800. The predicted molar refractivity (Wildman–Crippen MR) is 65.4 cm³/mol. The summed E-state index contributed by atoms with van der Waals surface area (Å²) < 4.78 is 5.50. The molecule has 1 aromatic heterocycles. The van der Waals surface area contributed by atoms with E-state index in [9.17, 15) is 0 Å². The van der Waals surface area contributed by atoms with E-state index in [1.54, 1.807) is 0 Å². The van der Waals surface area contributed by atoms with E-state index in [2.05, 4.69) is 10.6 Å². The molecule has 2 heterocycles. The van der Waals surface area contributed by atoms with Crippen LogP contribution in [-0.2, 0) is 6.54 Å². The Bertz CT molecular complexity index is 303. The summed E-state index contributed by atoms with van der Waals surface area (Å²) in [5.41, 5.74) is 0. The van der Waals surface area contributed by atoms with Gasteiger partial charge in [0.15, 0.2) is 0 Å². The highest BCUT2D eigenvalue weighted by Crippen LogP contribution is 2.13. The first-order valence-electron chi connectivity index (χ1n) is 6.31. The third-order valence-corrected chi connectivity index (χ3v) is 3.22. The third kappa shape index (κ3) is 3.65. The number of hydrogen-bond donors (Lipinski definition) is 2. The minimum atomic E-state index is 0.855. The number of piperidine rings is 1. The normalized spacial score (nSPS) is 21.2. The molecule has 3 heteroatoms. The largest absolute Gasteiger partial charge is 0.465 e. The molecule has 1 aromatic rings. The lowest BCUT2D eigenvalue weighted by Gasteiger charge is -2.22. The number of hydrogen-bond acceptors (Lipinski definition) is 3. The third-order valence-electron chi connectivity index (χ3n) is 3.22. The quantitative estimate of drug-likeness (QED) is 0.749. The van der Waals surface area contributed by atoms with Crippen molar-refractivity contribution >= 4 is 0 Å². The van der Waals surface area contributed by atoms with Crippen LogP contribution in [0.3, 0.4) is 0 Å². The lowest BCUT2D eigenvalue weighted by molar-refractivity contribution is 0.348. The Morgan fingerprint density at radius 2 is 2.44 bits per heavy atom. The summed E-state index contributed by atoms with van der Waals surface area (Å²) in [5.74, 6) is 2.90. The minimum absolute atomic E-state index is 0.855. The number of rotatable bonds is 5. The van der Waals surface area contributed by atoms with Gasteiger partial charge in [-0.3, -0.25) is 0 Å². The van der Waals surface area contributed by atoms with Crippen LogP contribution in [0, 0.1) is 12.8 Å². The van der Waals surface area contributed by atoms with E-state index < -0.39 is 0 Å². The van der Waals surface area contributed by atoms with Gasteiger partial charge in [0.2, 0.25) is 0 Å². The summed E-state index contributed by atoms with van der Waals surface area (Å²) in [7, 11) is 0. The van der Waals surface area contributed by atoms with Gasteiger partial charge in [-0.05, 0) is 63.9 Å². The highest BCUT2D eigenvalue weighted by Gasteiger charge is 2.11. The van der Waals surface area contributed by atoms with Crippen LogP contribution >= 0.6 is 0 Å². The molecule has 2 rings (SSSR count). The van der Waals surface area contributed by atoms with Crippen LogP contribution in [0.1, 0.15) is 30.8 Å². The molecule has 90 valence electrons. The molecule has 0 saturated carbocycles. The van der Waals surface area contributed by atoms with E-state index in [0.717, 1.165) is 30.5 Å². The van der Waals surface area contributed by atoms with Gasteiger partial charge in [-0.1, -0.05) is 0 Å². The lowest BCUT2D eigenvalue weighted by Crippen LogP contribution is -2.31. The van der Waals surface area contributed by atoms with Crippen molar-refractivity contribution in [1.29, 1.82) is 0 Å². The molecule has 2 N–H and O–H groups in total. The summed E-state index contributed by atoms with van der Waals surface area (Å²) in [6, 6.07) is 4.06. The van der Waals surface area contributed by atoms with Gasteiger partial charge < -0.3 is 15.1 Å². The fraction of sp³-hybridized carbons (Fsp3) is 0.692. The van der Waals surface area contributed by atoms with E-state index in [4.69, 9.17) is 4.42 Å². The van der Waals surface area contributed by atoms with E-state index >= 15 is 0 Å². The molecule has 0 aliphatic carbocycles. The summed E-state index contributed by atoms with van der Waals surface area (Å²) in [5, 5.41) is 6.89. The summed E-state index contributed by atoms with van der Waals surface area (Å²) in [6.07, 6.45) is 3.99. The van der Waals surface area contributed by atoms with Crippen molar-refractivity contribution in [2.24, 2.45) is 5.92 Å². The van der Waals surface area contributed by atoms with Crippen molar-refractivity contribution in [2.45, 2.75) is 32.7 Å². The first-order chi connectivity index (χ1) is 7.84. The zero-order valence-corrected chi connectivity index (χ0v) is 10.1. The number of furan rings is 1. The molecule has 1 aliphatic heterocycles. The summed E-state index contributed by atoms with van der Waals surface area (Å²) in [4.78, 5) is 0. The molecule has 1 fully saturated rings. The topological polar surface area (TPSA) is 37.2 Å². The van der Waals surface area contributed by atoms with Crippen LogP contribution in [-0.4, -0.2) is 19.6 Å². The summed E-state index contributed by atoms with van der Waals surface area (Å²) in [6.45, 7) is 6.33. The second-order valence-corrected chi connectivity index (χ2v) is 4.69. The Balaban J connectivity index is 1.57. The second kappa shape index (κ2) is 6.06. The highest BCUT2D eigenvalue weighted by atomic mass is 16.3. The van der Waals surface area contributed by atoms with Crippen molar-refractivity contribution in [3.63, 3.8) is 0 Å². The zero-order valence-electron chi connectivity index (χ0n) is 10.1. The number of aryl methyl sites for hydroxylation is 1. The Labute approximate surface area is 97.6 Å². The molecule has 0 spiro atoms. The van der Waals surface area contributed by atoms with Crippen molar-refractivity contribution in [3.8, 4) is 0 Å². The summed E-state index contributed by atoms with van der Waals surface area (Å²) >= 11 is 0. The van der Waals surface area contributed by atoms with E-state index in [1.807, 2.05) is 19.1 Å². The lowest BCUT2D eigenvalue weighted by atomic mass is 9.96. The molecule has 0 amide bonds. The molecule has 1 unspecified atom stereocenters. The first-order valence-corrected chi connectivity index (χ1v) is 6.31. The zero-order chi connectivity index (χ0) is 11.2. The molecule has 1 aliphatic rings. The van der Waals surface area contributed by atoms with Gasteiger partial charge in [0, 0.05) is 0 Å². The van der Waals surface area contributed by atoms with Crippen LogP contribution in [0.4, 0.5) is 0 Å². The SMILES string of the molecule is Cc1ccc(CNCCC2CCCNC2)o1. The smallest absolute Gasteiger partial charge is 0.117 e. The van der Waals surface area contributed by atoms with E-state index in [1.165, 1.54) is 32.4 Å². The monoisotopic (exact) mass is 222 g/mol. The number of nitrogens with one attached hydrogen (secondary N) is 2. The second-order valence-electron chi connectivity index (χ2n) is 4.69. The van der Waals surface area contributed by atoms with E-state index in [0.29, 0.717) is 0 Å². The van der Waals surface area contributed by atoms with Crippen molar-refractivity contribution in [1.82, 2.24) is 10.6 Å². The van der Waals surface area contributed by atoms with Crippen LogP contribution < -0.4 is 10.6 Å². The van der Waals surface area contributed by atoms with Crippen LogP contribution in [0.15, 0.2) is 16.5 Å². The average Bonchev–Trinajstić information content (AvgIpc) is 2.72. The molecule has 0 bridgehead atoms. The Morgan fingerprint density at radius 3 is 3.12 bits per heavy atom. The van der Waals surface area contributed by atoms with Gasteiger partial charge in [-0.25, -0.2) is 0 Å². The van der Waals surface area contributed by atoms with Gasteiger partial charge in [-0.2, -0.15) is 0 Å². The van der Waals surface area contributed by atoms with E-state index in [-0.39, 0.29) is 0 Å².